The highest BCUT2D eigenvalue weighted by atomic mass is 16.2. The second kappa shape index (κ2) is 10.9. The number of amides is 1. The molecule has 1 aromatic carbocycles. The van der Waals surface area contributed by atoms with Crippen LogP contribution in [-0.2, 0) is 24.8 Å². The van der Waals surface area contributed by atoms with Crippen LogP contribution in [0.1, 0.15) is 41.8 Å². The molecule has 1 aliphatic heterocycles. The summed E-state index contributed by atoms with van der Waals surface area (Å²) in [5.74, 6) is 0.113. The van der Waals surface area contributed by atoms with Crippen molar-refractivity contribution in [3.8, 4) is 0 Å². The highest BCUT2D eigenvalue weighted by Crippen LogP contribution is 2.23. The first-order chi connectivity index (χ1) is 16.8. The van der Waals surface area contributed by atoms with Crippen molar-refractivity contribution in [2.45, 2.75) is 46.1 Å². The topological polar surface area (TPSA) is 76.3 Å². The number of benzene rings is 1. The minimum absolute atomic E-state index is 0.0673. The summed E-state index contributed by atoms with van der Waals surface area (Å²) in [5, 5.41) is 8.89. The van der Waals surface area contributed by atoms with Crippen LogP contribution in [0.3, 0.4) is 0 Å². The van der Waals surface area contributed by atoms with Crippen molar-refractivity contribution in [1.29, 1.82) is 0 Å². The number of aryl methyl sites for hydroxylation is 2. The molecule has 35 heavy (non-hydrogen) atoms. The number of aromatic nitrogens is 4. The van der Waals surface area contributed by atoms with E-state index in [9.17, 15) is 9.59 Å². The molecule has 0 radical (unpaired) electrons. The van der Waals surface area contributed by atoms with Gasteiger partial charge in [-0.05, 0) is 50.7 Å². The molecule has 1 fully saturated rings. The fourth-order valence-electron chi connectivity index (χ4n) is 4.98. The maximum Gasteiger partial charge on any atom is 0.269 e. The van der Waals surface area contributed by atoms with Crippen LogP contribution in [0, 0.1) is 19.8 Å². The van der Waals surface area contributed by atoms with Crippen molar-refractivity contribution in [3.05, 3.63) is 75.5 Å². The van der Waals surface area contributed by atoms with Crippen LogP contribution in [0.15, 0.2) is 47.4 Å². The summed E-state index contributed by atoms with van der Waals surface area (Å²) in [6.45, 7) is 6.76. The molecule has 0 N–H and O–H groups in total. The van der Waals surface area contributed by atoms with Crippen molar-refractivity contribution < 1.29 is 4.79 Å². The number of carbonyl (C=O) groups excluding carboxylic acids is 1. The van der Waals surface area contributed by atoms with Crippen molar-refractivity contribution in [2.75, 3.05) is 31.6 Å². The second-order valence-corrected chi connectivity index (χ2v) is 9.62. The average molecular weight is 477 g/mol. The van der Waals surface area contributed by atoms with E-state index in [1.54, 1.807) is 12.3 Å². The Labute approximate surface area is 207 Å². The van der Waals surface area contributed by atoms with Gasteiger partial charge in [0.1, 0.15) is 0 Å². The molecule has 1 aliphatic rings. The molecule has 0 unspecified atom stereocenters. The summed E-state index contributed by atoms with van der Waals surface area (Å²) in [6.07, 6.45) is 5.38. The molecule has 2 aromatic heterocycles. The molecule has 0 spiro atoms. The number of anilines is 1. The van der Waals surface area contributed by atoms with Gasteiger partial charge < -0.3 is 9.80 Å². The summed E-state index contributed by atoms with van der Waals surface area (Å²) in [7, 11) is 3.87. The summed E-state index contributed by atoms with van der Waals surface area (Å²) in [4.78, 5) is 29.9. The molecule has 1 saturated heterocycles. The summed E-state index contributed by atoms with van der Waals surface area (Å²) < 4.78 is 3.40. The van der Waals surface area contributed by atoms with Gasteiger partial charge in [-0.25, -0.2) is 4.68 Å². The maximum atomic E-state index is 13.2. The number of hydrogen-bond donors (Lipinski definition) is 0. The Hall–Kier alpha value is -3.42. The smallest absolute Gasteiger partial charge is 0.269 e. The van der Waals surface area contributed by atoms with E-state index >= 15 is 0 Å². The standard InChI is InChI=1S/C27H36N6O2/c1-20-25(21(2)31(4)29-20)13-9-14-30(3)27(35)23-12-8-15-32(19-23)24-16-26(34)33(28-17-24)18-22-10-6-5-7-11-22/h5-7,10-11,16-17,23H,8-9,12-15,18-19H2,1-4H3/t23-/m1/s1. The molecular formula is C27H36N6O2. The van der Waals surface area contributed by atoms with Crippen molar-refractivity contribution in [3.63, 3.8) is 0 Å². The van der Waals surface area contributed by atoms with Crippen LogP contribution < -0.4 is 10.5 Å². The van der Waals surface area contributed by atoms with E-state index in [1.807, 2.05) is 60.9 Å². The lowest BCUT2D eigenvalue weighted by atomic mass is 9.96. The molecule has 0 aliphatic carbocycles. The van der Waals surface area contributed by atoms with Gasteiger partial charge in [-0.3, -0.25) is 14.3 Å². The van der Waals surface area contributed by atoms with Gasteiger partial charge in [0.05, 0.1) is 30.0 Å². The number of nitrogens with zero attached hydrogens (tertiary/aromatic N) is 6. The predicted molar refractivity (Wildman–Crippen MR) is 138 cm³/mol. The lowest BCUT2D eigenvalue weighted by Gasteiger charge is -2.35. The SMILES string of the molecule is Cc1nn(C)c(C)c1CCCN(C)C(=O)[C@@H]1CCCN(c2cnn(Cc3ccccc3)c(=O)c2)C1. The Kier molecular flexibility index (Phi) is 7.68. The fourth-order valence-corrected chi connectivity index (χ4v) is 4.98. The van der Waals surface area contributed by atoms with E-state index in [0.29, 0.717) is 13.1 Å². The molecule has 186 valence electrons. The zero-order chi connectivity index (χ0) is 24.9. The van der Waals surface area contributed by atoms with Gasteiger partial charge >= 0.3 is 0 Å². The van der Waals surface area contributed by atoms with Crippen molar-refractivity contribution in [2.24, 2.45) is 13.0 Å². The number of rotatable bonds is 8. The third-order valence-corrected chi connectivity index (χ3v) is 7.12. The van der Waals surface area contributed by atoms with Crippen LogP contribution in [-0.4, -0.2) is 57.1 Å². The second-order valence-electron chi connectivity index (χ2n) is 9.62. The third kappa shape index (κ3) is 5.81. The molecule has 1 amide bonds. The Bertz CT molecular complexity index is 1220. The predicted octanol–water partition coefficient (Wildman–Crippen LogP) is 2.95. The van der Waals surface area contributed by atoms with Crippen LogP contribution in [0.25, 0.3) is 0 Å². The molecule has 4 rings (SSSR count). The van der Waals surface area contributed by atoms with Crippen LogP contribution in [0.2, 0.25) is 0 Å². The molecular weight excluding hydrogens is 440 g/mol. The minimum Gasteiger partial charge on any atom is -0.369 e. The highest BCUT2D eigenvalue weighted by Gasteiger charge is 2.28. The van der Waals surface area contributed by atoms with Crippen LogP contribution in [0.5, 0.6) is 0 Å². The molecule has 3 heterocycles. The molecule has 8 nitrogen and oxygen atoms in total. The number of piperidine rings is 1. The van der Waals surface area contributed by atoms with E-state index in [4.69, 9.17) is 0 Å². The Balaban J connectivity index is 1.33. The largest absolute Gasteiger partial charge is 0.369 e. The quantitative estimate of drug-likeness (QED) is 0.500. The van der Waals surface area contributed by atoms with Gasteiger partial charge in [-0.2, -0.15) is 10.2 Å². The lowest BCUT2D eigenvalue weighted by Crippen LogP contribution is -2.44. The summed E-state index contributed by atoms with van der Waals surface area (Å²) in [5.41, 5.74) is 5.25. The van der Waals surface area contributed by atoms with Gasteiger partial charge in [-0.15, -0.1) is 0 Å². The lowest BCUT2D eigenvalue weighted by molar-refractivity contribution is -0.134. The van der Waals surface area contributed by atoms with Gasteiger partial charge in [0.25, 0.3) is 5.56 Å². The summed E-state index contributed by atoms with van der Waals surface area (Å²) >= 11 is 0. The Morgan fingerprint density at radius 3 is 2.66 bits per heavy atom. The van der Waals surface area contributed by atoms with Gasteiger partial charge in [0, 0.05) is 45.5 Å². The monoisotopic (exact) mass is 476 g/mol. The molecule has 0 saturated carbocycles. The van der Waals surface area contributed by atoms with E-state index in [0.717, 1.165) is 55.7 Å². The first kappa shape index (κ1) is 24.7. The first-order valence-electron chi connectivity index (χ1n) is 12.4. The zero-order valence-electron chi connectivity index (χ0n) is 21.3. The normalized spacial score (nSPS) is 15.9. The molecule has 1 atom stereocenters. The van der Waals surface area contributed by atoms with Gasteiger partial charge in [0.15, 0.2) is 0 Å². The fraction of sp³-hybridized carbons (Fsp3) is 0.481. The van der Waals surface area contributed by atoms with E-state index in [2.05, 4.69) is 22.0 Å². The number of hydrogen-bond acceptors (Lipinski definition) is 5. The zero-order valence-corrected chi connectivity index (χ0v) is 21.3. The Morgan fingerprint density at radius 2 is 1.97 bits per heavy atom. The van der Waals surface area contributed by atoms with E-state index in [-0.39, 0.29) is 17.4 Å². The molecule has 3 aromatic rings. The minimum atomic E-state index is -0.127. The Morgan fingerprint density at radius 1 is 1.20 bits per heavy atom. The first-order valence-corrected chi connectivity index (χ1v) is 12.4. The van der Waals surface area contributed by atoms with Crippen LogP contribution in [0.4, 0.5) is 5.69 Å². The average Bonchev–Trinajstić information content (AvgIpc) is 3.11. The highest BCUT2D eigenvalue weighted by molar-refractivity contribution is 5.79. The van der Waals surface area contributed by atoms with Crippen LogP contribution >= 0.6 is 0 Å². The maximum absolute atomic E-state index is 13.2. The number of carbonyl (C=O) groups is 1. The van der Waals surface area contributed by atoms with Crippen molar-refractivity contribution in [1.82, 2.24) is 24.5 Å². The van der Waals surface area contributed by atoms with E-state index < -0.39 is 0 Å². The molecule has 0 bridgehead atoms. The third-order valence-electron chi connectivity index (χ3n) is 7.12. The summed E-state index contributed by atoms with van der Waals surface area (Å²) in [6, 6.07) is 11.5. The van der Waals surface area contributed by atoms with Gasteiger partial charge in [-0.1, -0.05) is 30.3 Å². The van der Waals surface area contributed by atoms with Crippen molar-refractivity contribution >= 4 is 11.6 Å². The van der Waals surface area contributed by atoms with E-state index in [1.165, 1.54) is 15.9 Å². The molecule has 8 heteroatoms. The van der Waals surface area contributed by atoms with Gasteiger partial charge in [0.2, 0.25) is 5.91 Å².